The first kappa shape index (κ1) is 25.7. The summed E-state index contributed by atoms with van der Waals surface area (Å²) in [6.07, 6.45) is 1.82. The first-order chi connectivity index (χ1) is 17.2. The molecule has 1 heterocycles. The van der Waals surface area contributed by atoms with Crippen molar-refractivity contribution < 1.29 is 14.3 Å². The number of hydrogen-bond donors (Lipinski definition) is 1. The Balaban J connectivity index is 1.39. The molecule has 3 aromatic rings. The summed E-state index contributed by atoms with van der Waals surface area (Å²) in [7, 11) is 0. The van der Waals surface area contributed by atoms with Crippen molar-refractivity contribution in [3.63, 3.8) is 0 Å². The van der Waals surface area contributed by atoms with Crippen LogP contribution in [0.2, 0.25) is 0 Å². The molecule has 0 saturated carbocycles. The lowest BCUT2D eigenvalue weighted by Gasteiger charge is -2.17. The van der Waals surface area contributed by atoms with E-state index in [9.17, 15) is 9.59 Å². The zero-order valence-corrected chi connectivity index (χ0v) is 22.3. The number of thioether (sulfide) groups is 1. The van der Waals surface area contributed by atoms with Gasteiger partial charge in [-0.15, -0.1) is 0 Å². The Kier molecular flexibility index (Phi) is 7.91. The van der Waals surface area contributed by atoms with Gasteiger partial charge in [-0.05, 0) is 66.8 Å². The van der Waals surface area contributed by atoms with E-state index in [-0.39, 0.29) is 18.4 Å². The fraction of sp³-hybridized carbons (Fsp3) is 0.207. The smallest absolute Gasteiger partial charge is 0.270 e. The Morgan fingerprint density at radius 2 is 1.81 bits per heavy atom. The van der Waals surface area contributed by atoms with E-state index in [1.807, 2.05) is 74.5 Å². The summed E-state index contributed by atoms with van der Waals surface area (Å²) >= 11 is 6.79. The molecule has 36 heavy (non-hydrogen) atoms. The van der Waals surface area contributed by atoms with Crippen molar-refractivity contribution in [2.75, 3.05) is 16.8 Å². The summed E-state index contributed by atoms with van der Waals surface area (Å²) in [4.78, 5) is 27.7. The lowest BCUT2D eigenvalue weighted by Crippen LogP contribution is -2.28. The second-order valence-corrected chi connectivity index (χ2v) is 10.6. The summed E-state index contributed by atoms with van der Waals surface area (Å²) in [5.41, 5.74) is 5.68. The molecule has 7 heteroatoms. The van der Waals surface area contributed by atoms with Crippen LogP contribution in [0.15, 0.2) is 71.6 Å². The van der Waals surface area contributed by atoms with E-state index in [0.717, 1.165) is 33.6 Å². The number of para-hydroxylation sites is 1. The van der Waals surface area contributed by atoms with Crippen molar-refractivity contribution in [2.24, 2.45) is 0 Å². The van der Waals surface area contributed by atoms with E-state index < -0.39 is 0 Å². The monoisotopic (exact) mass is 516 g/mol. The number of ether oxygens (including phenoxy) is 1. The molecule has 184 valence electrons. The first-order valence-corrected chi connectivity index (χ1v) is 12.9. The quantitative estimate of drug-likeness (QED) is 0.275. The summed E-state index contributed by atoms with van der Waals surface area (Å²) in [6, 6.07) is 21.0. The molecule has 1 aliphatic rings. The molecule has 1 N–H and O–H groups in total. The molecule has 1 saturated heterocycles. The van der Waals surface area contributed by atoms with Crippen LogP contribution in [0.5, 0.6) is 5.75 Å². The topological polar surface area (TPSA) is 58.6 Å². The zero-order valence-electron chi connectivity index (χ0n) is 20.7. The van der Waals surface area contributed by atoms with E-state index in [4.69, 9.17) is 17.0 Å². The fourth-order valence-corrected chi connectivity index (χ4v) is 5.28. The van der Waals surface area contributed by atoms with E-state index in [1.165, 1.54) is 11.8 Å². The molecule has 1 aliphatic heterocycles. The van der Waals surface area contributed by atoms with Crippen molar-refractivity contribution in [1.82, 2.24) is 0 Å². The van der Waals surface area contributed by atoms with Gasteiger partial charge in [0.15, 0.2) is 10.9 Å². The minimum absolute atomic E-state index is 0.0969. The van der Waals surface area contributed by atoms with Crippen molar-refractivity contribution in [1.29, 1.82) is 0 Å². The minimum atomic E-state index is -0.220. The van der Waals surface area contributed by atoms with Gasteiger partial charge in [0.05, 0.1) is 10.6 Å². The summed E-state index contributed by atoms with van der Waals surface area (Å²) in [5, 5.41) is 2.92. The Hall–Kier alpha value is -3.42. The van der Waals surface area contributed by atoms with Crippen LogP contribution in [0, 0.1) is 13.8 Å². The van der Waals surface area contributed by atoms with Crippen molar-refractivity contribution in [3.8, 4) is 5.75 Å². The summed E-state index contributed by atoms with van der Waals surface area (Å²) in [5.74, 6) is 0.525. The van der Waals surface area contributed by atoms with Gasteiger partial charge in [-0.1, -0.05) is 85.9 Å². The summed E-state index contributed by atoms with van der Waals surface area (Å²) in [6.45, 7) is 8.08. The van der Waals surface area contributed by atoms with Crippen LogP contribution in [0.1, 0.15) is 42.0 Å². The Bertz CT molecular complexity index is 1350. The maximum absolute atomic E-state index is 13.1. The number of benzene rings is 3. The number of nitrogens with one attached hydrogen (secondary N) is 1. The number of rotatable bonds is 7. The molecule has 0 bridgehead atoms. The average Bonchev–Trinajstić information content (AvgIpc) is 3.11. The van der Waals surface area contributed by atoms with Crippen LogP contribution in [-0.2, 0) is 9.59 Å². The molecule has 4 rings (SSSR count). The predicted octanol–water partition coefficient (Wildman–Crippen LogP) is 6.85. The molecule has 5 nitrogen and oxygen atoms in total. The van der Waals surface area contributed by atoms with E-state index in [2.05, 4.69) is 19.2 Å². The molecule has 3 aromatic carbocycles. The number of hydrogen-bond acceptors (Lipinski definition) is 5. The predicted molar refractivity (Wildman–Crippen MR) is 153 cm³/mol. The number of carbonyl (C=O) groups excluding carboxylic acids is 2. The Labute approximate surface area is 221 Å². The number of anilines is 2. The van der Waals surface area contributed by atoms with Crippen LogP contribution in [0.25, 0.3) is 6.08 Å². The van der Waals surface area contributed by atoms with Crippen molar-refractivity contribution >= 4 is 57.6 Å². The van der Waals surface area contributed by atoms with Gasteiger partial charge in [-0.2, -0.15) is 0 Å². The van der Waals surface area contributed by atoms with Gasteiger partial charge in [0.25, 0.3) is 11.8 Å². The van der Waals surface area contributed by atoms with Crippen molar-refractivity contribution in [2.45, 2.75) is 33.6 Å². The van der Waals surface area contributed by atoms with Crippen LogP contribution in [-0.4, -0.2) is 22.7 Å². The lowest BCUT2D eigenvalue weighted by atomic mass is 10.0. The van der Waals surface area contributed by atoms with Gasteiger partial charge in [0.1, 0.15) is 5.75 Å². The van der Waals surface area contributed by atoms with Gasteiger partial charge < -0.3 is 10.1 Å². The van der Waals surface area contributed by atoms with Crippen LogP contribution in [0.4, 0.5) is 11.4 Å². The van der Waals surface area contributed by atoms with Crippen molar-refractivity contribution in [3.05, 3.63) is 93.9 Å². The lowest BCUT2D eigenvalue weighted by molar-refractivity contribution is -0.118. The highest BCUT2D eigenvalue weighted by atomic mass is 32.2. The highest BCUT2D eigenvalue weighted by Gasteiger charge is 2.34. The first-order valence-electron chi connectivity index (χ1n) is 11.7. The Morgan fingerprint density at radius 1 is 1.08 bits per heavy atom. The fourth-order valence-electron chi connectivity index (χ4n) is 3.99. The van der Waals surface area contributed by atoms with E-state index >= 15 is 0 Å². The molecular weight excluding hydrogens is 488 g/mol. The molecule has 0 aliphatic carbocycles. The highest BCUT2D eigenvalue weighted by Crippen LogP contribution is 2.37. The Morgan fingerprint density at radius 3 is 2.50 bits per heavy atom. The second kappa shape index (κ2) is 11.1. The molecule has 0 unspecified atom stereocenters. The molecule has 0 atom stereocenters. The molecule has 2 amide bonds. The molecular formula is C29H28N2O3S2. The molecule has 0 spiro atoms. The van der Waals surface area contributed by atoms with Gasteiger partial charge in [0, 0.05) is 5.69 Å². The number of aryl methyl sites for hydroxylation is 2. The number of amides is 2. The number of nitrogens with zero attached hydrogens (tertiary/aromatic N) is 1. The minimum Gasteiger partial charge on any atom is -0.484 e. The standard InChI is InChI=1S/C29H28N2O3S2/c1-18(2)23-7-5-6-8-24(23)30-27(32)17-34-22-12-10-21(11-13-22)16-26-28(33)31(29(35)36-26)25-14-9-19(3)15-20(25)4/h5-16,18H,17H2,1-4H3,(H,30,32)/b26-16-. The SMILES string of the molecule is Cc1ccc(N2C(=O)/C(=C/c3ccc(OCC(=O)Nc4ccccc4C(C)C)cc3)SC2=S)c(C)c1. The molecule has 0 radical (unpaired) electrons. The maximum Gasteiger partial charge on any atom is 0.270 e. The van der Waals surface area contributed by atoms with Crippen LogP contribution < -0.4 is 15.0 Å². The largest absolute Gasteiger partial charge is 0.484 e. The van der Waals surface area contributed by atoms with Crippen LogP contribution in [0.3, 0.4) is 0 Å². The van der Waals surface area contributed by atoms with Gasteiger partial charge in [0.2, 0.25) is 0 Å². The summed E-state index contributed by atoms with van der Waals surface area (Å²) < 4.78 is 6.18. The number of thiocarbonyl (C=S) groups is 1. The van der Waals surface area contributed by atoms with Crippen LogP contribution >= 0.6 is 24.0 Å². The third-order valence-electron chi connectivity index (χ3n) is 5.79. The highest BCUT2D eigenvalue weighted by molar-refractivity contribution is 8.27. The number of carbonyl (C=O) groups is 2. The maximum atomic E-state index is 13.1. The normalized spacial score (nSPS) is 14.6. The average molecular weight is 517 g/mol. The third-order valence-corrected chi connectivity index (χ3v) is 7.09. The zero-order chi connectivity index (χ0) is 25.8. The molecule has 0 aromatic heterocycles. The molecule has 1 fully saturated rings. The second-order valence-electron chi connectivity index (χ2n) is 8.95. The van der Waals surface area contributed by atoms with Gasteiger partial charge in [-0.25, -0.2) is 0 Å². The van der Waals surface area contributed by atoms with E-state index in [1.54, 1.807) is 17.0 Å². The third kappa shape index (κ3) is 5.86. The van der Waals surface area contributed by atoms with Gasteiger partial charge in [-0.3, -0.25) is 14.5 Å². The van der Waals surface area contributed by atoms with E-state index in [0.29, 0.717) is 20.9 Å². The van der Waals surface area contributed by atoms with Gasteiger partial charge >= 0.3 is 0 Å².